The first-order valence-electron chi connectivity index (χ1n) is 10.6. The van der Waals surface area contributed by atoms with Gasteiger partial charge in [0.15, 0.2) is 11.0 Å². The molecule has 1 amide bonds. The summed E-state index contributed by atoms with van der Waals surface area (Å²) in [4.78, 5) is 24.9. The molecule has 4 aromatic heterocycles. The van der Waals surface area contributed by atoms with Crippen LogP contribution in [0.5, 0.6) is 0 Å². The number of carbonyl (C=O) groups excluding carboxylic acids is 1. The number of benzene rings is 2. The van der Waals surface area contributed by atoms with Gasteiger partial charge in [-0.15, -0.1) is 5.10 Å². The Labute approximate surface area is 202 Å². The van der Waals surface area contributed by atoms with Gasteiger partial charge in [0.05, 0.1) is 23.6 Å². The molecule has 11 heteroatoms. The van der Waals surface area contributed by atoms with Crippen LogP contribution in [0.15, 0.2) is 73.2 Å². The maximum atomic E-state index is 12.7. The zero-order chi connectivity index (χ0) is 23.8. The molecule has 0 aliphatic rings. The van der Waals surface area contributed by atoms with Crippen molar-refractivity contribution in [1.82, 2.24) is 35.3 Å². The van der Waals surface area contributed by atoms with Gasteiger partial charge in [-0.2, -0.15) is 10.2 Å². The predicted molar refractivity (Wildman–Crippen MR) is 134 cm³/mol. The van der Waals surface area contributed by atoms with Crippen LogP contribution in [0.2, 0.25) is 5.15 Å². The molecule has 0 radical (unpaired) electrons. The van der Waals surface area contributed by atoms with Crippen molar-refractivity contribution in [2.45, 2.75) is 0 Å². The van der Waals surface area contributed by atoms with E-state index in [1.807, 2.05) is 36.4 Å². The van der Waals surface area contributed by atoms with E-state index in [2.05, 4.69) is 46.0 Å². The van der Waals surface area contributed by atoms with Crippen molar-refractivity contribution in [2.75, 3.05) is 10.6 Å². The minimum atomic E-state index is -0.338. The number of aromatic amines is 2. The molecule has 0 fully saturated rings. The number of hydrogen-bond acceptors (Lipinski definition) is 7. The lowest BCUT2D eigenvalue weighted by Gasteiger charge is -2.07. The highest BCUT2D eigenvalue weighted by atomic mass is 35.5. The number of fused-ring (bicyclic) bond motifs is 2. The smallest absolute Gasteiger partial charge is 0.272 e. The third kappa shape index (κ3) is 4.13. The van der Waals surface area contributed by atoms with Crippen molar-refractivity contribution in [3.8, 4) is 11.4 Å². The van der Waals surface area contributed by atoms with Crippen LogP contribution in [-0.2, 0) is 0 Å². The van der Waals surface area contributed by atoms with Crippen molar-refractivity contribution in [3.05, 3.63) is 84.0 Å². The van der Waals surface area contributed by atoms with E-state index in [0.717, 1.165) is 33.1 Å². The molecule has 0 aliphatic carbocycles. The quantitative estimate of drug-likeness (QED) is 0.273. The van der Waals surface area contributed by atoms with Crippen LogP contribution in [0.4, 0.5) is 17.2 Å². The van der Waals surface area contributed by atoms with Crippen molar-refractivity contribution in [1.29, 1.82) is 0 Å². The minimum Gasteiger partial charge on any atom is -0.350 e. The Bertz CT molecular complexity index is 1710. The number of halogens is 1. The number of anilines is 3. The van der Waals surface area contributed by atoms with Gasteiger partial charge in [0.1, 0.15) is 11.5 Å². The highest BCUT2D eigenvalue weighted by Crippen LogP contribution is 2.26. The second kappa shape index (κ2) is 8.50. The molecule has 0 spiro atoms. The number of amides is 1. The third-order valence-corrected chi connectivity index (χ3v) is 5.70. The average Bonchev–Trinajstić information content (AvgIpc) is 3.52. The molecule has 0 aliphatic heterocycles. The summed E-state index contributed by atoms with van der Waals surface area (Å²) in [6.07, 6.45) is 4.93. The first-order valence-corrected chi connectivity index (χ1v) is 10.9. The van der Waals surface area contributed by atoms with Gasteiger partial charge in [-0.1, -0.05) is 23.7 Å². The topological polar surface area (TPSA) is 137 Å². The Morgan fingerprint density at radius 3 is 2.80 bits per heavy atom. The SMILES string of the molecule is O=C(Nc1ccnnc1Cl)c1cc2ccc(-c3nccc(Nc4ccc5[nH]ncc5c4)n3)cc2[nH]1. The highest BCUT2D eigenvalue weighted by molar-refractivity contribution is 6.32. The normalized spacial score (nSPS) is 11.1. The van der Waals surface area contributed by atoms with E-state index in [4.69, 9.17) is 11.6 Å². The molecule has 0 saturated heterocycles. The summed E-state index contributed by atoms with van der Waals surface area (Å²) in [5, 5.41) is 22.4. The molecule has 10 nitrogen and oxygen atoms in total. The van der Waals surface area contributed by atoms with E-state index in [-0.39, 0.29) is 11.1 Å². The number of hydrogen-bond donors (Lipinski definition) is 4. The van der Waals surface area contributed by atoms with Crippen LogP contribution < -0.4 is 10.6 Å². The Hall–Kier alpha value is -4.83. The van der Waals surface area contributed by atoms with E-state index >= 15 is 0 Å². The Balaban J connectivity index is 1.25. The van der Waals surface area contributed by atoms with Gasteiger partial charge in [0, 0.05) is 33.7 Å². The molecular weight excluding hydrogens is 466 g/mol. The monoisotopic (exact) mass is 481 g/mol. The van der Waals surface area contributed by atoms with Crippen LogP contribution in [0.3, 0.4) is 0 Å². The van der Waals surface area contributed by atoms with E-state index in [0.29, 0.717) is 23.0 Å². The molecule has 6 rings (SSSR count). The second-order valence-corrected chi connectivity index (χ2v) is 8.10. The largest absolute Gasteiger partial charge is 0.350 e. The van der Waals surface area contributed by atoms with Crippen LogP contribution in [0.25, 0.3) is 33.2 Å². The molecule has 0 saturated carbocycles. The van der Waals surface area contributed by atoms with E-state index in [1.54, 1.807) is 30.6 Å². The Morgan fingerprint density at radius 1 is 0.943 bits per heavy atom. The van der Waals surface area contributed by atoms with Crippen molar-refractivity contribution in [3.63, 3.8) is 0 Å². The minimum absolute atomic E-state index is 0.120. The average molecular weight is 482 g/mol. The number of nitrogens with zero attached hydrogens (tertiary/aromatic N) is 5. The fourth-order valence-electron chi connectivity index (χ4n) is 3.72. The second-order valence-electron chi connectivity index (χ2n) is 7.74. The van der Waals surface area contributed by atoms with Crippen LogP contribution >= 0.6 is 11.6 Å². The first-order chi connectivity index (χ1) is 17.1. The summed E-state index contributed by atoms with van der Waals surface area (Å²) in [5.74, 6) is 0.874. The number of aromatic nitrogens is 7. The van der Waals surface area contributed by atoms with E-state index in [9.17, 15) is 4.79 Å². The lowest BCUT2D eigenvalue weighted by Crippen LogP contribution is -2.13. The zero-order valence-corrected chi connectivity index (χ0v) is 18.7. The van der Waals surface area contributed by atoms with E-state index in [1.165, 1.54) is 6.20 Å². The van der Waals surface area contributed by atoms with Crippen molar-refractivity contribution >= 4 is 56.5 Å². The molecule has 4 N–H and O–H groups in total. The fraction of sp³-hybridized carbons (Fsp3) is 0. The molecule has 6 aromatic rings. The molecule has 4 heterocycles. The zero-order valence-electron chi connectivity index (χ0n) is 18.0. The lowest BCUT2D eigenvalue weighted by atomic mass is 10.1. The molecule has 35 heavy (non-hydrogen) atoms. The van der Waals surface area contributed by atoms with Gasteiger partial charge >= 0.3 is 0 Å². The van der Waals surface area contributed by atoms with Crippen molar-refractivity contribution < 1.29 is 4.79 Å². The number of carbonyl (C=O) groups is 1. The lowest BCUT2D eigenvalue weighted by molar-refractivity contribution is 0.102. The fourth-order valence-corrected chi connectivity index (χ4v) is 3.88. The summed E-state index contributed by atoms with van der Waals surface area (Å²) in [6, 6.07) is 16.8. The summed E-state index contributed by atoms with van der Waals surface area (Å²) < 4.78 is 0. The standard InChI is InChI=1S/C24H16ClN9O/c25-22-18(5-8-27-34-22)31-24(35)20-10-13-1-2-14(11-19(13)30-20)23-26-7-6-21(32-23)29-16-3-4-17-15(9-16)12-28-33-17/h1-12,30H,(H,28,33)(H,26,29,32)(H,27,31,35). The highest BCUT2D eigenvalue weighted by Gasteiger charge is 2.13. The number of rotatable bonds is 5. The molecule has 0 atom stereocenters. The maximum absolute atomic E-state index is 12.7. The summed E-state index contributed by atoms with van der Waals surface area (Å²) in [6.45, 7) is 0. The Morgan fingerprint density at radius 2 is 1.89 bits per heavy atom. The predicted octanol–water partition coefficient (Wildman–Crippen LogP) is 4.94. The summed E-state index contributed by atoms with van der Waals surface area (Å²) in [5.41, 5.74) is 4.21. The number of H-pyrrole nitrogens is 2. The van der Waals surface area contributed by atoms with E-state index < -0.39 is 0 Å². The van der Waals surface area contributed by atoms with Gasteiger partial charge in [-0.05, 0) is 42.5 Å². The molecule has 0 bridgehead atoms. The van der Waals surface area contributed by atoms with Gasteiger partial charge in [0.2, 0.25) is 0 Å². The van der Waals surface area contributed by atoms with Gasteiger partial charge in [-0.3, -0.25) is 9.89 Å². The molecule has 170 valence electrons. The first kappa shape index (κ1) is 20.8. The maximum Gasteiger partial charge on any atom is 0.272 e. The van der Waals surface area contributed by atoms with Crippen LogP contribution in [0, 0.1) is 0 Å². The van der Waals surface area contributed by atoms with Gasteiger partial charge in [-0.25, -0.2) is 9.97 Å². The number of nitrogens with one attached hydrogen (secondary N) is 4. The van der Waals surface area contributed by atoms with Crippen molar-refractivity contribution in [2.24, 2.45) is 0 Å². The van der Waals surface area contributed by atoms with Gasteiger partial charge in [0.25, 0.3) is 5.91 Å². The van der Waals surface area contributed by atoms with Gasteiger partial charge < -0.3 is 15.6 Å². The molecule has 2 aromatic carbocycles. The van der Waals surface area contributed by atoms with Crippen LogP contribution in [0.1, 0.15) is 10.5 Å². The molecule has 0 unspecified atom stereocenters. The Kier molecular flexibility index (Phi) is 5.04. The molecular formula is C24H16ClN9O. The summed E-state index contributed by atoms with van der Waals surface area (Å²) in [7, 11) is 0. The third-order valence-electron chi connectivity index (χ3n) is 5.42. The van der Waals surface area contributed by atoms with Crippen LogP contribution in [-0.4, -0.2) is 41.3 Å². The summed E-state index contributed by atoms with van der Waals surface area (Å²) >= 11 is 5.99.